The molecule has 5 heteroatoms. The van der Waals surface area contributed by atoms with Gasteiger partial charge in [0.05, 0.1) is 5.75 Å². The highest BCUT2D eigenvalue weighted by atomic mass is 32.2. The van der Waals surface area contributed by atoms with Gasteiger partial charge < -0.3 is 4.90 Å². The van der Waals surface area contributed by atoms with E-state index in [1.807, 2.05) is 31.3 Å². The molecule has 0 aliphatic rings. The normalized spacial score (nSPS) is 11.0. The number of anilines is 1. The first-order valence-electron chi connectivity index (χ1n) is 6.23. The maximum atomic E-state index is 11.3. The molecule has 0 unspecified atom stereocenters. The Morgan fingerprint density at radius 2 is 2.16 bits per heavy atom. The van der Waals surface area contributed by atoms with Crippen molar-refractivity contribution in [3.8, 4) is 12.3 Å². The number of nitrogens with zero attached hydrogens (tertiary/aromatic N) is 1. The van der Waals surface area contributed by atoms with Gasteiger partial charge in [-0.15, -0.1) is 6.42 Å². The molecule has 0 atom stereocenters. The smallest absolute Gasteiger partial charge is 0.211 e. The molecular weight excluding hydrogens is 260 g/mol. The van der Waals surface area contributed by atoms with Crippen LogP contribution in [-0.4, -0.2) is 34.3 Å². The minimum Gasteiger partial charge on any atom is -0.375 e. The number of sulfonamides is 1. The van der Waals surface area contributed by atoms with Gasteiger partial charge in [0.15, 0.2) is 0 Å². The van der Waals surface area contributed by atoms with Crippen LogP contribution in [-0.2, 0) is 10.0 Å². The molecular formula is C14H20N2O2S. The highest BCUT2D eigenvalue weighted by molar-refractivity contribution is 7.89. The van der Waals surface area contributed by atoms with Crippen molar-refractivity contribution >= 4 is 15.7 Å². The van der Waals surface area contributed by atoms with Crippen LogP contribution in [0.1, 0.15) is 18.9 Å². The number of hydrogen-bond acceptors (Lipinski definition) is 3. The molecule has 0 amide bonds. The summed E-state index contributed by atoms with van der Waals surface area (Å²) in [6.45, 7) is 2.84. The second-order valence-electron chi connectivity index (χ2n) is 4.27. The predicted molar refractivity (Wildman–Crippen MR) is 79.7 cm³/mol. The van der Waals surface area contributed by atoms with Gasteiger partial charge in [0, 0.05) is 31.4 Å². The molecule has 0 saturated heterocycles. The molecule has 1 aromatic carbocycles. The van der Waals surface area contributed by atoms with Crippen molar-refractivity contribution < 1.29 is 8.42 Å². The lowest BCUT2D eigenvalue weighted by Gasteiger charge is -2.19. The highest BCUT2D eigenvalue weighted by Crippen LogP contribution is 2.14. The number of hydrogen-bond donors (Lipinski definition) is 1. The largest absolute Gasteiger partial charge is 0.375 e. The van der Waals surface area contributed by atoms with E-state index in [-0.39, 0.29) is 5.75 Å². The average molecular weight is 280 g/mol. The third kappa shape index (κ3) is 5.33. The van der Waals surface area contributed by atoms with Crippen LogP contribution in [0.25, 0.3) is 0 Å². The van der Waals surface area contributed by atoms with Gasteiger partial charge >= 0.3 is 0 Å². The number of rotatable bonds is 7. The summed E-state index contributed by atoms with van der Waals surface area (Å²) in [5, 5.41) is 0. The first kappa shape index (κ1) is 15.5. The number of benzene rings is 1. The second kappa shape index (κ2) is 7.17. The monoisotopic (exact) mass is 280 g/mol. The van der Waals surface area contributed by atoms with Gasteiger partial charge in [-0.2, -0.15) is 0 Å². The molecule has 0 saturated carbocycles. The molecule has 0 aromatic heterocycles. The lowest BCUT2D eigenvalue weighted by atomic mass is 10.2. The van der Waals surface area contributed by atoms with E-state index in [9.17, 15) is 8.42 Å². The van der Waals surface area contributed by atoms with Crippen molar-refractivity contribution in [2.24, 2.45) is 0 Å². The van der Waals surface area contributed by atoms with Crippen molar-refractivity contribution in [2.45, 2.75) is 13.3 Å². The van der Waals surface area contributed by atoms with Crippen molar-refractivity contribution in [2.75, 3.05) is 30.8 Å². The van der Waals surface area contributed by atoms with Gasteiger partial charge in [0.2, 0.25) is 10.0 Å². The standard InChI is InChI=1S/C14H20N2O2S/c1-4-13-8-6-9-14(12-13)16(3)11-7-10-15-19(17,18)5-2/h1,6,8-9,12,15H,5,7,10-11H2,2-3H3. The Kier molecular flexibility index (Phi) is 5.87. The maximum absolute atomic E-state index is 11.3. The summed E-state index contributed by atoms with van der Waals surface area (Å²) in [6, 6.07) is 7.72. The van der Waals surface area contributed by atoms with Crippen LogP contribution in [0, 0.1) is 12.3 Å². The number of nitrogens with one attached hydrogen (secondary N) is 1. The fourth-order valence-electron chi connectivity index (χ4n) is 1.61. The molecule has 104 valence electrons. The molecule has 0 aliphatic heterocycles. The summed E-state index contributed by atoms with van der Waals surface area (Å²) in [4.78, 5) is 2.06. The molecule has 0 spiro atoms. The van der Waals surface area contributed by atoms with Crippen LogP contribution in [0.15, 0.2) is 24.3 Å². The summed E-state index contributed by atoms with van der Waals surface area (Å²) in [5.41, 5.74) is 1.88. The molecule has 0 heterocycles. The van der Waals surface area contributed by atoms with E-state index in [0.29, 0.717) is 6.54 Å². The van der Waals surface area contributed by atoms with Crippen molar-refractivity contribution in [3.63, 3.8) is 0 Å². The Balaban J connectivity index is 2.43. The highest BCUT2D eigenvalue weighted by Gasteiger charge is 2.06. The Morgan fingerprint density at radius 3 is 2.79 bits per heavy atom. The summed E-state index contributed by atoms with van der Waals surface area (Å²) in [5.74, 6) is 2.72. The minimum atomic E-state index is -3.09. The van der Waals surface area contributed by atoms with Crippen molar-refractivity contribution in [1.82, 2.24) is 4.72 Å². The van der Waals surface area contributed by atoms with Gasteiger partial charge in [0.25, 0.3) is 0 Å². The van der Waals surface area contributed by atoms with Crippen LogP contribution in [0.5, 0.6) is 0 Å². The maximum Gasteiger partial charge on any atom is 0.211 e. The fourth-order valence-corrected chi connectivity index (χ4v) is 2.27. The Morgan fingerprint density at radius 1 is 1.42 bits per heavy atom. The third-order valence-electron chi connectivity index (χ3n) is 2.83. The van der Waals surface area contributed by atoms with Crippen molar-refractivity contribution in [3.05, 3.63) is 29.8 Å². The molecule has 4 nitrogen and oxygen atoms in total. The number of terminal acetylenes is 1. The molecule has 0 aliphatic carbocycles. The SMILES string of the molecule is C#Cc1cccc(N(C)CCCNS(=O)(=O)CC)c1. The lowest BCUT2D eigenvalue weighted by molar-refractivity contribution is 0.580. The van der Waals surface area contributed by atoms with E-state index in [4.69, 9.17) is 6.42 Å². The second-order valence-corrected chi connectivity index (χ2v) is 6.36. The predicted octanol–water partition coefficient (Wildman–Crippen LogP) is 1.43. The van der Waals surface area contributed by atoms with E-state index < -0.39 is 10.0 Å². The van der Waals surface area contributed by atoms with Crippen molar-refractivity contribution in [1.29, 1.82) is 0 Å². The summed E-state index contributed by atoms with van der Waals surface area (Å²) < 4.78 is 25.1. The molecule has 0 bridgehead atoms. The first-order valence-corrected chi connectivity index (χ1v) is 7.89. The first-order chi connectivity index (χ1) is 8.98. The molecule has 0 radical (unpaired) electrons. The van der Waals surface area contributed by atoms with Gasteiger partial charge in [-0.3, -0.25) is 0 Å². The Bertz CT molecular complexity index is 547. The van der Waals surface area contributed by atoms with Crippen LogP contribution < -0.4 is 9.62 Å². The van der Waals surface area contributed by atoms with E-state index in [2.05, 4.69) is 15.5 Å². The van der Waals surface area contributed by atoms with E-state index >= 15 is 0 Å². The van der Waals surface area contributed by atoms with Crippen LogP contribution in [0.2, 0.25) is 0 Å². The molecule has 19 heavy (non-hydrogen) atoms. The molecule has 1 rings (SSSR count). The quantitative estimate of drug-likeness (QED) is 0.607. The van der Waals surface area contributed by atoms with E-state index in [1.165, 1.54) is 0 Å². The average Bonchev–Trinajstić information content (AvgIpc) is 2.43. The fraction of sp³-hybridized carbons (Fsp3) is 0.429. The van der Waals surface area contributed by atoms with Gasteiger partial charge in [-0.25, -0.2) is 13.1 Å². The zero-order valence-corrected chi connectivity index (χ0v) is 12.2. The van der Waals surface area contributed by atoms with E-state index in [1.54, 1.807) is 6.92 Å². The van der Waals surface area contributed by atoms with Crippen LogP contribution in [0.3, 0.4) is 0 Å². The molecule has 0 fully saturated rings. The zero-order valence-electron chi connectivity index (χ0n) is 11.4. The molecule has 1 aromatic rings. The summed E-state index contributed by atoms with van der Waals surface area (Å²) in [6.07, 6.45) is 6.10. The molecule has 1 N–H and O–H groups in total. The summed E-state index contributed by atoms with van der Waals surface area (Å²) >= 11 is 0. The summed E-state index contributed by atoms with van der Waals surface area (Å²) in [7, 11) is -1.13. The van der Waals surface area contributed by atoms with Crippen LogP contribution >= 0.6 is 0 Å². The van der Waals surface area contributed by atoms with Gasteiger partial charge in [0.1, 0.15) is 0 Å². The topological polar surface area (TPSA) is 49.4 Å². The van der Waals surface area contributed by atoms with Gasteiger partial charge in [-0.1, -0.05) is 12.0 Å². The van der Waals surface area contributed by atoms with E-state index in [0.717, 1.165) is 24.2 Å². The lowest BCUT2D eigenvalue weighted by Crippen LogP contribution is -2.29. The van der Waals surface area contributed by atoms with Crippen LogP contribution in [0.4, 0.5) is 5.69 Å². The van der Waals surface area contributed by atoms with Gasteiger partial charge in [-0.05, 0) is 31.5 Å². The zero-order chi connectivity index (χ0) is 14.3. The Hall–Kier alpha value is -1.51. The minimum absolute atomic E-state index is 0.118. The third-order valence-corrected chi connectivity index (χ3v) is 4.23. The Labute approximate surface area is 115 Å².